The summed E-state index contributed by atoms with van der Waals surface area (Å²) in [7, 11) is 1.78. The number of piperidine rings is 1. The maximum atomic E-state index is 12.1. The Balaban J connectivity index is 1.49. The first-order chi connectivity index (χ1) is 13.0. The Morgan fingerprint density at radius 2 is 1.85 bits per heavy atom. The van der Waals surface area contributed by atoms with E-state index >= 15 is 0 Å². The van der Waals surface area contributed by atoms with Crippen molar-refractivity contribution in [1.29, 1.82) is 0 Å². The summed E-state index contributed by atoms with van der Waals surface area (Å²) >= 11 is 6.17. The Morgan fingerprint density at radius 1 is 1.19 bits per heavy atom. The zero-order valence-corrected chi connectivity index (χ0v) is 16.8. The molecular weight excluding hydrogens is 360 g/mol. The number of hydrogen-bond donors (Lipinski definition) is 1. The van der Waals surface area contributed by atoms with E-state index in [1.165, 1.54) is 44.0 Å². The van der Waals surface area contributed by atoms with Crippen molar-refractivity contribution >= 4 is 23.6 Å². The molecule has 0 aliphatic carbocycles. The molecule has 3 rings (SSSR count). The summed E-state index contributed by atoms with van der Waals surface area (Å²) in [6.07, 6.45) is 7.18. The van der Waals surface area contributed by atoms with Gasteiger partial charge in [0.15, 0.2) is 0 Å². The van der Waals surface area contributed by atoms with Gasteiger partial charge in [0.25, 0.3) is 0 Å². The molecule has 1 aliphatic heterocycles. The van der Waals surface area contributed by atoms with Crippen LogP contribution in [0.2, 0.25) is 5.15 Å². The summed E-state index contributed by atoms with van der Waals surface area (Å²) in [6.45, 7) is 5.79. The number of carbonyl (C=O) groups excluding carboxylic acids is 1. The Morgan fingerprint density at radius 3 is 2.48 bits per heavy atom. The molecule has 144 valence electrons. The number of halogens is 1. The van der Waals surface area contributed by atoms with Crippen LogP contribution in [0.5, 0.6) is 0 Å². The number of aryl methyl sites for hydroxylation is 2. The second-order valence-corrected chi connectivity index (χ2v) is 7.48. The third-order valence-electron chi connectivity index (χ3n) is 4.94. The van der Waals surface area contributed by atoms with Crippen LogP contribution in [0.1, 0.15) is 41.6 Å². The van der Waals surface area contributed by atoms with Crippen molar-refractivity contribution in [2.45, 2.75) is 39.3 Å². The quantitative estimate of drug-likeness (QED) is 0.770. The molecule has 1 amide bonds. The number of likely N-dealkylation sites (tertiary alicyclic amines) is 1. The number of amides is 1. The second-order valence-electron chi connectivity index (χ2n) is 7.12. The van der Waals surface area contributed by atoms with Crippen molar-refractivity contribution in [1.82, 2.24) is 20.0 Å². The van der Waals surface area contributed by atoms with E-state index in [1.54, 1.807) is 17.8 Å². The van der Waals surface area contributed by atoms with Crippen LogP contribution in [0, 0.1) is 6.92 Å². The van der Waals surface area contributed by atoms with Gasteiger partial charge in [-0.2, -0.15) is 5.10 Å². The summed E-state index contributed by atoms with van der Waals surface area (Å²) in [6, 6.07) is 8.49. The van der Waals surface area contributed by atoms with Gasteiger partial charge in [-0.3, -0.25) is 14.4 Å². The Bertz CT molecular complexity index is 804. The van der Waals surface area contributed by atoms with Crippen molar-refractivity contribution in [3.05, 3.63) is 57.9 Å². The zero-order valence-electron chi connectivity index (χ0n) is 16.0. The van der Waals surface area contributed by atoms with Gasteiger partial charge in [0, 0.05) is 31.8 Å². The minimum atomic E-state index is -0.147. The van der Waals surface area contributed by atoms with E-state index < -0.39 is 0 Å². The van der Waals surface area contributed by atoms with E-state index in [4.69, 9.17) is 11.6 Å². The maximum Gasteiger partial charge on any atom is 0.244 e. The molecule has 5 nitrogen and oxygen atoms in total. The minimum absolute atomic E-state index is 0.147. The van der Waals surface area contributed by atoms with E-state index in [9.17, 15) is 4.79 Å². The van der Waals surface area contributed by atoms with Gasteiger partial charge in [-0.25, -0.2) is 0 Å². The second kappa shape index (κ2) is 9.20. The van der Waals surface area contributed by atoms with Crippen molar-refractivity contribution in [2.75, 3.05) is 13.1 Å². The Hall–Kier alpha value is -2.11. The van der Waals surface area contributed by atoms with Gasteiger partial charge in [0.05, 0.1) is 5.69 Å². The summed E-state index contributed by atoms with van der Waals surface area (Å²) in [4.78, 5) is 14.6. The van der Waals surface area contributed by atoms with Crippen LogP contribution in [-0.4, -0.2) is 33.7 Å². The van der Waals surface area contributed by atoms with Gasteiger partial charge >= 0.3 is 0 Å². The molecule has 0 bridgehead atoms. The lowest BCUT2D eigenvalue weighted by molar-refractivity contribution is -0.116. The van der Waals surface area contributed by atoms with E-state index in [0.29, 0.717) is 11.7 Å². The molecule has 1 aromatic heterocycles. The van der Waals surface area contributed by atoms with Crippen molar-refractivity contribution < 1.29 is 4.79 Å². The van der Waals surface area contributed by atoms with Gasteiger partial charge < -0.3 is 5.32 Å². The zero-order chi connectivity index (χ0) is 19.2. The Kier molecular flexibility index (Phi) is 6.69. The molecule has 0 unspecified atom stereocenters. The molecule has 0 radical (unpaired) electrons. The lowest BCUT2D eigenvalue weighted by atomic mass is 10.1. The van der Waals surface area contributed by atoms with Gasteiger partial charge in [0.2, 0.25) is 5.91 Å². The molecule has 0 saturated carbocycles. The number of aromatic nitrogens is 2. The van der Waals surface area contributed by atoms with Gasteiger partial charge in [0.1, 0.15) is 5.15 Å². The van der Waals surface area contributed by atoms with Crippen LogP contribution in [0.3, 0.4) is 0 Å². The number of carbonyl (C=O) groups is 1. The first-order valence-corrected chi connectivity index (χ1v) is 9.86. The topological polar surface area (TPSA) is 50.2 Å². The van der Waals surface area contributed by atoms with E-state index in [0.717, 1.165) is 23.4 Å². The predicted molar refractivity (Wildman–Crippen MR) is 109 cm³/mol. The average molecular weight is 387 g/mol. The lowest BCUT2D eigenvalue weighted by Crippen LogP contribution is -2.29. The van der Waals surface area contributed by atoms with Crippen LogP contribution < -0.4 is 5.32 Å². The fourth-order valence-corrected chi connectivity index (χ4v) is 3.62. The Labute approximate surface area is 166 Å². The highest BCUT2D eigenvalue weighted by atomic mass is 35.5. The van der Waals surface area contributed by atoms with E-state index in [1.807, 2.05) is 6.92 Å². The standard InChI is InChI=1S/C21H27ClN4O/c1-16-19(21(22)25(2)24-16)10-11-20(27)23-14-17-6-8-18(9-7-17)15-26-12-4-3-5-13-26/h6-11H,3-5,12-15H2,1-2H3,(H,23,27)/b11-10+. The van der Waals surface area contributed by atoms with E-state index in [2.05, 4.69) is 39.6 Å². The highest BCUT2D eigenvalue weighted by molar-refractivity contribution is 6.31. The third kappa shape index (κ3) is 5.44. The van der Waals surface area contributed by atoms with Crippen molar-refractivity contribution in [3.8, 4) is 0 Å². The highest BCUT2D eigenvalue weighted by Gasteiger charge is 2.10. The third-order valence-corrected chi connectivity index (χ3v) is 5.39. The number of benzene rings is 1. The van der Waals surface area contributed by atoms with Crippen LogP contribution in [0.25, 0.3) is 6.08 Å². The first kappa shape index (κ1) is 19.6. The predicted octanol–water partition coefficient (Wildman–Crippen LogP) is 3.70. The number of nitrogens with one attached hydrogen (secondary N) is 1. The maximum absolute atomic E-state index is 12.1. The number of nitrogens with zero attached hydrogens (tertiary/aromatic N) is 3. The van der Waals surface area contributed by atoms with Crippen molar-refractivity contribution in [2.24, 2.45) is 7.05 Å². The fourth-order valence-electron chi connectivity index (χ4n) is 3.38. The lowest BCUT2D eigenvalue weighted by Gasteiger charge is -2.26. The van der Waals surface area contributed by atoms with Crippen molar-refractivity contribution in [3.63, 3.8) is 0 Å². The normalized spacial score (nSPS) is 15.4. The molecule has 6 heteroatoms. The molecule has 1 aromatic carbocycles. The highest BCUT2D eigenvalue weighted by Crippen LogP contribution is 2.20. The average Bonchev–Trinajstić information content (AvgIpc) is 2.92. The monoisotopic (exact) mass is 386 g/mol. The van der Waals surface area contributed by atoms with Crippen LogP contribution in [0.15, 0.2) is 30.3 Å². The molecule has 27 heavy (non-hydrogen) atoms. The molecular formula is C21H27ClN4O. The fraction of sp³-hybridized carbons (Fsp3) is 0.429. The molecule has 1 N–H and O–H groups in total. The van der Waals surface area contributed by atoms with E-state index in [-0.39, 0.29) is 5.91 Å². The molecule has 1 aliphatic rings. The number of rotatable bonds is 6. The summed E-state index contributed by atoms with van der Waals surface area (Å²) < 4.78 is 1.60. The molecule has 2 heterocycles. The largest absolute Gasteiger partial charge is 0.348 e. The minimum Gasteiger partial charge on any atom is -0.348 e. The summed E-state index contributed by atoms with van der Waals surface area (Å²) in [5.41, 5.74) is 4.00. The molecule has 2 aromatic rings. The SMILES string of the molecule is Cc1nn(C)c(Cl)c1/C=C/C(=O)NCc1ccc(CN2CCCCC2)cc1. The van der Waals surface area contributed by atoms with Crippen LogP contribution in [-0.2, 0) is 24.9 Å². The van der Waals surface area contributed by atoms with Gasteiger partial charge in [-0.1, -0.05) is 42.3 Å². The molecule has 0 atom stereocenters. The first-order valence-electron chi connectivity index (χ1n) is 9.48. The molecule has 1 fully saturated rings. The van der Waals surface area contributed by atoms with Crippen LogP contribution in [0.4, 0.5) is 0 Å². The number of hydrogen-bond acceptors (Lipinski definition) is 3. The van der Waals surface area contributed by atoms with Gasteiger partial charge in [-0.15, -0.1) is 0 Å². The summed E-state index contributed by atoms with van der Waals surface area (Å²) in [5.74, 6) is -0.147. The smallest absolute Gasteiger partial charge is 0.244 e. The molecule has 1 saturated heterocycles. The van der Waals surface area contributed by atoms with Gasteiger partial charge in [-0.05, 0) is 50.1 Å². The van der Waals surface area contributed by atoms with Crippen LogP contribution >= 0.6 is 11.6 Å². The summed E-state index contributed by atoms with van der Waals surface area (Å²) in [5, 5.41) is 7.67. The molecule has 0 spiro atoms.